The predicted molar refractivity (Wildman–Crippen MR) is 105 cm³/mol. The average Bonchev–Trinajstić information content (AvgIpc) is 3.44. The summed E-state index contributed by atoms with van der Waals surface area (Å²) in [4.78, 5) is 19.0. The molecule has 0 spiro atoms. The standard InChI is InChI=1S/C21H21F3N6O/c22-21(23,24)17-4-1-3-15(12-17)11-16-6-7-18(25-13-16)19-5-2-9-30(19)20(31)8-10-29-14-26-27-28-29/h1,3-4,6-7,12-14,19H,2,5,8-11H2/t19-/m1/s1. The van der Waals surface area contributed by atoms with E-state index >= 15 is 0 Å². The van der Waals surface area contributed by atoms with E-state index in [2.05, 4.69) is 20.5 Å². The summed E-state index contributed by atoms with van der Waals surface area (Å²) >= 11 is 0. The number of amides is 1. The Balaban J connectivity index is 1.40. The number of hydrogen-bond acceptors (Lipinski definition) is 5. The van der Waals surface area contributed by atoms with Crippen molar-refractivity contribution in [1.82, 2.24) is 30.1 Å². The van der Waals surface area contributed by atoms with Crippen LogP contribution in [0.4, 0.5) is 13.2 Å². The van der Waals surface area contributed by atoms with Gasteiger partial charge in [0.15, 0.2) is 0 Å². The van der Waals surface area contributed by atoms with E-state index in [0.29, 0.717) is 31.5 Å². The number of pyridine rings is 1. The van der Waals surface area contributed by atoms with E-state index in [1.165, 1.54) is 17.1 Å². The van der Waals surface area contributed by atoms with Crippen LogP contribution in [0.25, 0.3) is 0 Å². The molecule has 0 saturated carbocycles. The van der Waals surface area contributed by atoms with Gasteiger partial charge in [-0.1, -0.05) is 24.3 Å². The number of tetrazole rings is 1. The molecule has 1 fully saturated rings. The van der Waals surface area contributed by atoms with Crippen molar-refractivity contribution in [3.63, 3.8) is 0 Å². The van der Waals surface area contributed by atoms with Crippen LogP contribution >= 0.6 is 0 Å². The zero-order valence-electron chi connectivity index (χ0n) is 16.7. The number of alkyl halides is 3. The molecule has 1 aromatic carbocycles. The van der Waals surface area contributed by atoms with E-state index < -0.39 is 11.7 Å². The zero-order valence-corrected chi connectivity index (χ0v) is 16.7. The number of hydrogen-bond donors (Lipinski definition) is 0. The quantitative estimate of drug-likeness (QED) is 0.599. The molecule has 1 saturated heterocycles. The van der Waals surface area contributed by atoms with Crippen molar-refractivity contribution in [2.75, 3.05) is 6.54 Å². The summed E-state index contributed by atoms with van der Waals surface area (Å²) < 4.78 is 40.3. The van der Waals surface area contributed by atoms with E-state index in [-0.39, 0.29) is 11.9 Å². The SMILES string of the molecule is O=C(CCn1cnnn1)N1CCC[C@@H]1c1ccc(Cc2cccc(C(F)(F)F)c2)cn1. The lowest BCUT2D eigenvalue weighted by Crippen LogP contribution is -2.31. The number of aromatic nitrogens is 5. The Morgan fingerprint density at radius 1 is 1.16 bits per heavy atom. The van der Waals surface area contributed by atoms with Crippen LogP contribution < -0.4 is 0 Å². The number of nitrogens with zero attached hydrogens (tertiary/aromatic N) is 6. The summed E-state index contributed by atoms with van der Waals surface area (Å²) in [7, 11) is 0. The smallest absolute Gasteiger partial charge is 0.334 e. The molecular formula is C21H21F3N6O. The predicted octanol–water partition coefficient (Wildman–Crippen LogP) is 3.43. The largest absolute Gasteiger partial charge is 0.416 e. The normalized spacial score (nSPS) is 16.6. The molecule has 3 aromatic rings. The van der Waals surface area contributed by atoms with Gasteiger partial charge in [-0.3, -0.25) is 9.78 Å². The number of carbonyl (C=O) groups excluding carboxylic acids is 1. The van der Waals surface area contributed by atoms with Crippen molar-refractivity contribution >= 4 is 5.91 Å². The summed E-state index contributed by atoms with van der Waals surface area (Å²) in [5.41, 5.74) is 1.53. The van der Waals surface area contributed by atoms with Crippen molar-refractivity contribution in [2.24, 2.45) is 0 Å². The highest BCUT2D eigenvalue weighted by Crippen LogP contribution is 2.32. The second kappa shape index (κ2) is 8.83. The number of likely N-dealkylation sites (tertiary alicyclic amines) is 1. The van der Waals surface area contributed by atoms with Crippen molar-refractivity contribution < 1.29 is 18.0 Å². The summed E-state index contributed by atoms with van der Waals surface area (Å²) in [6, 6.07) is 8.95. The fourth-order valence-corrected chi connectivity index (χ4v) is 3.84. The number of benzene rings is 1. The molecule has 1 aliphatic heterocycles. The fourth-order valence-electron chi connectivity index (χ4n) is 3.84. The maximum absolute atomic E-state index is 12.9. The first kappa shape index (κ1) is 21.0. The molecule has 31 heavy (non-hydrogen) atoms. The highest BCUT2D eigenvalue weighted by Gasteiger charge is 2.31. The van der Waals surface area contributed by atoms with Crippen LogP contribution in [0.2, 0.25) is 0 Å². The second-order valence-electron chi connectivity index (χ2n) is 7.53. The van der Waals surface area contributed by atoms with Crippen LogP contribution in [0, 0.1) is 0 Å². The first-order valence-corrected chi connectivity index (χ1v) is 10.0. The molecule has 0 bridgehead atoms. The lowest BCUT2D eigenvalue weighted by atomic mass is 10.0. The van der Waals surface area contributed by atoms with Gasteiger partial charge in [-0.2, -0.15) is 13.2 Å². The molecule has 0 radical (unpaired) electrons. The molecule has 2 aromatic heterocycles. The summed E-state index contributed by atoms with van der Waals surface area (Å²) in [5.74, 6) is 0.0212. The topological polar surface area (TPSA) is 76.8 Å². The van der Waals surface area contributed by atoms with Crippen LogP contribution in [0.3, 0.4) is 0 Å². The van der Waals surface area contributed by atoms with Gasteiger partial charge >= 0.3 is 6.18 Å². The third-order valence-electron chi connectivity index (χ3n) is 5.37. The molecule has 10 heteroatoms. The highest BCUT2D eigenvalue weighted by atomic mass is 19.4. The van der Waals surface area contributed by atoms with E-state index in [0.717, 1.165) is 36.2 Å². The molecular weight excluding hydrogens is 409 g/mol. The van der Waals surface area contributed by atoms with Crippen LogP contribution in [-0.2, 0) is 23.9 Å². The van der Waals surface area contributed by atoms with Crippen LogP contribution in [0.15, 0.2) is 48.9 Å². The van der Waals surface area contributed by atoms with Gasteiger partial charge in [-0.25, -0.2) is 4.68 Å². The maximum Gasteiger partial charge on any atom is 0.416 e. The Kier molecular flexibility index (Phi) is 5.97. The minimum atomic E-state index is -4.36. The number of halogens is 3. The second-order valence-corrected chi connectivity index (χ2v) is 7.53. The van der Waals surface area contributed by atoms with E-state index in [1.807, 2.05) is 17.0 Å². The molecule has 162 valence electrons. The van der Waals surface area contributed by atoms with Crippen LogP contribution in [-0.4, -0.2) is 42.5 Å². The summed E-state index contributed by atoms with van der Waals surface area (Å²) in [6.07, 6.45) is 1.18. The highest BCUT2D eigenvalue weighted by molar-refractivity contribution is 5.76. The monoisotopic (exact) mass is 430 g/mol. The summed E-state index contributed by atoms with van der Waals surface area (Å²) in [6.45, 7) is 1.09. The van der Waals surface area contributed by atoms with E-state index in [1.54, 1.807) is 12.3 Å². The minimum absolute atomic E-state index is 0.0212. The van der Waals surface area contributed by atoms with Crippen LogP contribution in [0.5, 0.6) is 0 Å². The van der Waals surface area contributed by atoms with Gasteiger partial charge in [0.1, 0.15) is 6.33 Å². The number of rotatable bonds is 6. The molecule has 0 unspecified atom stereocenters. The van der Waals surface area contributed by atoms with Gasteiger partial charge < -0.3 is 4.90 Å². The maximum atomic E-state index is 12.9. The van der Waals surface area contributed by atoms with E-state index in [4.69, 9.17) is 0 Å². The van der Waals surface area contributed by atoms with Crippen molar-refractivity contribution in [1.29, 1.82) is 0 Å². The molecule has 1 aliphatic rings. The molecule has 1 atom stereocenters. The number of aryl methyl sites for hydroxylation is 1. The molecule has 1 amide bonds. The Bertz CT molecular complexity index is 1020. The zero-order chi connectivity index (χ0) is 21.8. The van der Waals surface area contributed by atoms with Crippen LogP contribution in [0.1, 0.15) is 47.7 Å². The van der Waals surface area contributed by atoms with Gasteiger partial charge in [0.25, 0.3) is 0 Å². The lowest BCUT2D eigenvalue weighted by Gasteiger charge is -2.24. The average molecular weight is 430 g/mol. The van der Waals surface area contributed by atoms with Crippen molar-refractivity contribution in [3.05, 3.63) is 71.3 Å². The Labute approximate surface area is 176 Å². The van der Waals surface area contributed by atoms with Gasteiger partial charge in [-0.05, 0) is 52.9 Å². The van der Waals surface area contributed by atoms with Gasteiger partial charge in [0.2, 0.25) is 5.91 Å². The Morgan fingerprint density at radius 3 is 2.74 bits per heavy atom. The third kappa shape index (κ3) is 5.07. The fraction of sp³-hybridized carbons (Fsp3) is 0.381. The van der Waals surface area contributed by atoms with Gasteiger partial charge in [-0.15, -0.1) is 5.10 Å². The first-order valence-electron chi connectivity index (χ1n) is 10.0. The lowest BCUT2D eigenvalue weighted by molar-refractivity contribution is -0.137. The van der Waals surface area contributed by atoms with Crippen molar-refractivity contribution in [3.8, 4) is 0 Å². The number of carbonyl (C=O) groups is 1. The third-order valence-corrected chi connectivity index (χ3v) is 5.37. The van der Waals surface area contributed by atoms with Gasteiger partial charge in [0.05, 0.1) is 23.8 Å². The molecule has 0 aliphatic carbocycles. The summed E-state index contributed by atoms with van der Waals surface area (Å²) in [5, 5.41) is 10.9. The Morgan fingerprint density at radius 2 is 2.03 bits per heavy atom. The molecule has 0 N–H and O–H groups in total. The molecule has 4 rings (SSSR count). The van der Waals surface area contributed by atoms with Gasteiger partial charge in [0, 0.05) is 19.2 Å². The molecule has 7 nitrogen and oxygen atoms in total. The van der Waals surface area contributed by atoms with Crippen molar-refractivity contribution in [2.45, 2.75) is 44.4 Å². The minimum Gasteiger partial charge on any atom is -0.334 e. The van der Waals surface area contributed by atoms with E-state index in [9.17, 15) is 18.0 Å². The Hall–Kier alpha value is -3.30. The molecule has 3 heterocycles. The first-order chi connectivity index (χ1) is 14.9.